The summed E-state index contributed by atoms with van der Waals surface area (Å²) >= 11 is 6.30. The number of aryl methyl sites for hydroxylation is 1. The number of rotatable bonds is 6. The largest absolute Gasteiger partial charge is 0.354 e. The molecule has 10 nitrogen and oxygen atoms in total. The molecule has 3 saturated heterocycles. The molecule has 1 aromatic heterocycles. The van der Waals surface area contributed by atoms with Crippen molar-refractivity contribution in [2.75, 3.05) is 57.8 Å². The van der Waals surface area contributed by atoms with Gasteiger partial charge in [0.25, 0.3) is 0 Å². The van der Waals surface area contributed by atoms with E-state index in [0.29, 0.717) is 44.2 Å². The van der Waals surface area contributed by atoms with E-state index in [0.717, 1.165) is 55.8 Å². The SMILES string of the molecule is Cc1ccc(N2C[C@@H](C(=O)N3C[C@@H](N(C(=O)C(C)(C)C)C4CCC(C)(C)CC4)C[C@@H]3C(=O)N3CCN(C)CC3)[C@H](c3ccc(Cl)cc3)C2)nn1. The van der Waals surface area contributed by atoms with Crippen LogP contribution in [0.3, 0.4) is 0 Å². The van der Waals surface area contributed by atoms with Gasteiger partial charge in [-0.15, -0.1) is 5.10 Å². The highest BCUT2D eigenvalue weighted by Gasteiger charge is 2.51. The molecule has 1 saturated carbocycles. The molecule has 4 atom stereocenters. The predicted molar refractivity (Wildman–Crippen MR) is 197 cm³/mol. The van der Waals surface area contributed by atoms with E-state index >= 15 is 4.79 Å². The van der Waals surface area contributed by atoms with Crippen LogP contribution in [0.4, 0.5) is 5.82 Å². The Morgan fingerprint density at radius 3 is 2.12 bits per heavy atom. The number of aromatic nitrogens is 2. The van der Waals surface area contributed by atoms with E-state index < -0.39 is 17.4 Å². The fourth-order valence-electron chi connectivity index (χ4n) is 8.47. The van der Waals surface area contributed by atoms with Crippen molar-refractivity contribution >= 4 is 35.1 Å². The van der Waals surface area contributed by atoms with Crippen LogP contribution < -0.4 is 4.90 Å². The van der Waals surface area contributed by atoms with Crippen LogP contribution in [0.5, 0.6) is 0 Å². The molecule has 0 unspecified atom stereocenters. The molecule has 50 heavy (non-hydrogen) atoms. The van der Waals surface area contributed by atoms with Gasteiger partial charge < -0.3 is 24.5 Å². The summed E-state index contributed by atoms with van der Waals surface area (Å²) in [5.41, 5.74) is 1.53. The average Bonchev–Trinajstić information content (AvgIpc) is 3.72. The van der Waals surface area contributed by atoms with Gasteiger partial charge in [-0.25, -0.2) is 0 Å². The lowest BCUT2D eigenvalue weighted by atomic mass is 9.74. The molecule has 4 heterocycles. The van der Waals surface area contributed by atoms with Crippen molar-refractivity contribution in [2.45, 2.75) is 97.7 Å². The lowest BCUT2D eigenvalue weighted by Crippen LogP contribution is -2.54. The van der Waals surface area contributed by atoms with Crippen LogP contribution in [-0.2, 0) is 14.4 Å². The molecule has 0 radical (unpaired) electrons. The van der Waals surface area contributed by atoms with E-state index in [2.05, 4.69) is 45.8 Å². The maximum absolute atomic E-state index is 15.1. The van der Waals surface area contributed by atoms with Crippen molar-refractivity contribution in [3.8, 4) is 0 Å². The van der Waals surface area contributed by atoms with Crippen molar-refractivity contribution in [3.63, 3.8) is 0 Å². The molecule has 6 rings (SSSR count). The van der Waals surface area contributed by atoms with E-state index in [1.165, 1.54) is 0 Å². The fourth-order valence-corrected chi connectivity index (χ4v) is 8.60. The first-order valence-electron chi connectivity index (χ1n) is 18.5. The third-order valence-corrected chi connectivity index (χ3v) is 11.9. The first-order chi connectivity index (χ1) is 23.6. The molecule has 1 aliphatic carbocycles. The fraction of sp³-hybridized carbons (Fsp3) is 0.667. The van der Waals surface area contributed by atoms with Gasteiger partial charge >= 0.3 is 0 Å². The smallest absolute Gasteiger partial charge is 0.245 e. The van der Waals surface area contributed by atoms with E-state index in [1.54, 1.807) is 0 Å². The molecular formula is C39H56ClN7O3. The van der Waals surface area contributed by atoms with Gasteiger partial charge in [0.05, 0.1) is 17.7 Å². The Hall–Kier alpha value is -3.24. The van der Waals surface area contributed by atoms with Crippen LogP contribution in [0.25, 0.3) is 0 Å². The number of piperazine rings is 1. The lowest BCUT2D eigenvalue weighted by Gasteiger charge is -2.45. The second-order valence-electron chi connectivity index (χ2n) is 17.1. The number of amides is 3. The van der Waals surface area contributed by atoms with Crippen LogP contribution in [-0.4, -0.2) is 119 Å². The summed E-state index contributed by atoms with van der Waals surface area (Å²) in [5, 5.41) is 9.41. The summed E-state index contributed by atoms with van der Waals surface area (Å²) in [7, 11) is 2.08. The third kappa shape index (κ3) is 7.81. The summed E-state index contributed by atoms with van der Waals surface area (Å²) in [6.45, 7) is 16.8. The number of carbonyl (C=O) groups excluding carboxylic acids is 3. The molecule has 3 amide bonds. The van der Waals surface area contributed by atoms with Crippen LogP contribution >= 0.6 is 11.6 Å². The standard InChI is InChI=1S/C39H56ClN7O3/c1-26-8-13-34(42-41-26)45-24-31(27-9-11-28(40)12-10-27)32(25-45)35(48)46-23-30(22-33(46)36(49)44-20-18-43(7)19-21-44)47(37(50)38(2,3)4)29-14-16-39(5,6)17-15-29/h8-13,29-33H,14-25H2,1-7H3/t30-,31-,32+,33+/m0/s1. The molecule has 0 spiro atoms. The van der Waals surface area contributed by atoms with Gasteiger partial charge in [-0.2, -0.15) is 5.10 Å². The summed E-state index contributed by atoms with van der Waals surface area (Å²) < 4.78 is 0. The maximum atomic E-state index is 15.1. The van der Waals surface area contributed by atoms with Gasteiger partial charge in [-0.05, 0) is 81.3 Å². The Labute approximate surface area is 303 Å². The number of carbonyl (C=O) groups is 3. The Morgan fingerprint density at radius 2 is 1.52 bits per heavy atom. The van der Waals surface area contributed by atoms with Gasteiger partial charge in [0, 0.05) is 68.2 Å². The number of anilines is 1. The van der Waals surface area contributed by atoms with E-state index in [9.17, 15) is 9.59 Å². The van der Waals surface area contributed by atoms with Crippen LogP contribution in [0.1, 0.15) is 83.9 Å². The quantitative estimate of drug-likeness (QED) is 0.406. The summed E-state index contributed by atoms with van der Waals surface area (Å²) in [5.74, 6) is 0.268. The Balaban J connectivity index is 1.35. The molecule has 4 aliphatic rings. The van der Waals surface area contributed by atoms with Gasteiger partial charge in [0.15, 0.2) is 5.82 Å². The van der Waals surface area contributed by atoms with E-state index in [-0.39, 0.29) is 41.1 Å². The van der Waals surface area contributed by atoms with Crippen molar-refractivity contribution < 1.29 is 14.4 Å². The third-order valence-electron chi connectivity index (χ3n) is 11.7. The van der Waals surface area contributed by atoms with Crippen molar-refractivity contribution in [3.05, 3.63) is 52.7 Å². The van der Waals surface area contributed by atoms with Crippen molar-refractivity contribution in [2.24, 2.45) is 16.7 Å². The van der Waals surface area contributed by atoms with Gasteiger partial charge in [-0.1, -0.05) is 58.4 Å². The van der Waals surface area contributed by atoms with Gasteiger partial charge in [0.2, 0.25) is 17.7 Å². The highest BCUT2D eigenvalue weighted by atomic mass is 35.5. The molecule has 3 aliphatic heterocycles. The minimum Gasteiger partial charge on any atom is -0.354 e. The topological polar surface area (TPSA) is 93.2 Å². The zero-order valence-corrected chi connectivity index (χ0v) is 31.8. The van der Waals surface area contributed by atoms with Crippen molar-refractivity contribution in [1.82, 2.24) is 29.8 Å². The zero-order valence-electron chi connectivity index (χ0n) is 31.1. The second kappa shape index (κ2) is 14.4. The zero-order chi connectivity index (χ0) is 36.0. The Morgan fingerprint density at radius 1 is 0.860 bits per heavy atom. The normalized spacial score (nSPS) is 26.4. The van der Waals surface area contributed by atoms with E-state index in [4.69, 9.17) is 11.6 Å². The second-order valence-corrected chi connectivity index (χ2v) is 17.5. The molecule has 2 aromatic rings. The molecule has 11 heteroatoms. The molecule has 4 fully saturated rings. The molecule has 0 N–H and O–H groups in total. The molecule has 0 bridgehead atoms. The molecular weight excluding hydrogens is 650 g/mol. The molecule has 1 aromatic carbocycles. The van der Waals surface area contributed by atoms with Crippen LogP contribution in [0.15, 0.2) is 36.4 Å². The van der Waals surface area contributed by atoms with E-state index in [1.807, 2.05) is 73.9 Å². The van der Waals surface area contributed by atoms with Crippen molar-refractivity contribution in [1.29, 1.82) is 0 Å². The number of hydrogen-bond acceptors (Lipinski definition) is 7. The number of likely N-dealkylation sites (tertiary alicyclic amines) is 1. The Bertz CT molecular complexity index is 1520. The number of halogens is 1. The van der Waals surface area contributed by atoms with Gasteiger partial charge in [0.1, 0.15) is 6.04 Å². The van der Waals surface area contributed by atoms with Crippen LogP contribution in [0, 0.1) is 23.7 Å². The average molecular weight is 706 g/mol. The summed E-state index contributed by atoms with van der Waals surface area (Å²) in [6, 6.07) is 10.9. The number of likely N-dealkylation sites (N-methyl/N-ethyl adjacent to an activating group) is 1. The first kappa shape index (κ1) is 36.5. The minimum absolute atomic E-state index is 0.00387. The van der Waals surface area contributed by atoms with Gasteiger partial charge in [-0.3, -0.25) is 14.4 Å². The highest BCUT2D eigenvalue weighted by molar-refractivity contribution is 6.30. The Kier molecular flexibility index (Phi) is 10.5. The predicted octanol–water partition coefficient (Wildman–Crippen LogP) is 5.25. The minimum atomic E-state index is -0.620. The number of benzene rings is 1. The van der Waals surface area contributed by atoms with Crippen LogP contribution in [0.2, 0.25) is 5.02 Å². The molecule has 272 valence electrons. The number of hydrogen-bond donors (Lipinski definition) is 0. The highest BCUT2D eigenvalue weighted by Crippen LogP contribution is 2.42. The lowest BCUT2D eigenvalue weighted by molar-refractivity contribution is -0.147. The summed E-state index contributed by atoms with van der Waals surface area (Å²) in [4.78, 5) is 54.3. The maximum Gasteiger partial charge on any atom is 0.245 e. The number of nitrogens with zero attached hydrogens (tertiary/aromatic N) is 7. The summed E-state index contributed by atoms with van der Waals surface area (Å²) in [6.07, 6.45) is 4.43. The first-order valence-corrected chi connectivity index (χ1v) is 18.9. The monoisotopic (exact) mass is 705 g/mol.